The van der Waals surface area contributed by atoms with E-state index in [2.05, 4.69) is 36.2 Å². The Morgan fingerprint density at radius 1 is 0.871 bits per heavy atom. The van der Waals surface area contributed by atoms with Crippen LogP contribution in [0.4, 0.5) is 4.79 Å². The van der Waals surface area contributed by atoms with E-state index in [-0.39, 0.29) is 43.5 Å². The number of alkyl carbamates (subject to hydrolysis) is 1. The molecule has 20 heteroatoms. The Kier molecular flexibility index (Phi) is 20.0. The number of nitrogens with one attached hydrogen (secondary N) is 5. The van der Waals surface area contributed by atoms with Gasteiger partial charge in [-0.05, 0) is 68.7 Å². The van der Waals surface area contributed by atoms with Crippen LogP contribution in [0.1, 0.15) is 62.1 Å². The van der Waals surface area contributed by atoms with Gasteiger partial charge in [0.15, 0.2) is 0 Å². The van der Waals surface area contributed by atoms with Crippen molar-refractivity contribution in [3.63, 3.8) is 0 Å². The number of aromatic amines is 1. The number of rotatable bonds is 20. The fourth-order valence-corrected chi connectivity index (χ4v) is 6.51. The maximum atomic E-state index is 13.4. The second kappa shape index (κ2) is 25.1. The van der Waals surface area contributed by atoms with Crippen LogP contribution in [0.25, 0.3) is 11.1 Å². The molecule has 1 aromatic heterocycles. The fraction of sp³-hybridized carbons (Fsp3) is 0.452. The lowest BCUT2D eigenvalue weighted by Gasteiger charge is -2.24. The molecule has 20 nitrogen and oxygen atoms in total. The van der Waals surface area contributed by atoms with E-state index in [1.807, 2.05) is 48.5 Å². The SMILES string of the molecule is CNC(=O)C(CCCN=C(C)N)NC(=O)CN(CCNC(=O)OCC1c2ccccc2-c2ccccc21)C(=O)Cn1cc(C)c(=O)[nH]c1=O.CNC(=O)C(N)CCCN=C(C)N. The zero-order chi connectivity index (χ0) is 45.8. The summed E-state index contributed by atoms with van der Waals surface area (Å²) in [4.78, 5) is 98.3. The molecule has 62 heavy (non-hydrogen) atoms. The Bertz CT molecular complexity index is 2150. The van der Waals surface area contributed by atoms with E-state index < -0.39 is 60.2 Å². The highest BCUT2D eigenvalue weighted by Gasteiger charge is 2.29. The number of amidine groups is 2. The summed E-state index contributed by atoms with van der Waals surface area (Å²) in [5.74, 6) is -1.00. The van der Waals surface area contributed by atoms with Gasteiger partial charge in [-0.25, -0.2) is 9.59 Å². The van der Waals surface area contributed by atoms with Gasteiger partial charge < -0.3 is 48.1 Å². The molecule has 0 spiro atoms. The predicted octanol–water partition coefficient (Wildman–Crippen LogP) is -0.183. The molecule has 1 aliphatic rings. The summed E-state index contributed by atoms with van der Waals surface area (Å²) in [6.07, 6.45) is 2.69. The third-order valence-corrected chi connectivity index (χ3v) is 9.70. The number of aliphatic imine (C=N–C) groups is 2. The summed E-state index contributed by atoms with van der Waals surface area (Å²) < 4.78 is 6.60. The highest BCUT2D eigenvalue weighted by atomic mass is 16.5. The highest BCUT2D eigenvalue weighted by molar-refractivity contribution is 5.90. The number of carbonyl (C=O) groups is 5. The number of ether oxygens (including phenoxy) is 1. The second-order valence-electron chi connectivity index (χ2n) is 14.6. The lowest BCUT2D eigenvalue weighted by molar-refractivity contribution is -0.137. The van der Waals surface area contributed by atoms with E-state index in [1.165, 1.54) is 20.2 Å². The van der Waals surface area contributed by atoms with Crippen LogP contribution in [0.3, 0.4) is 0 Å². The van der Waals surface area contributed by atoms with Crippen molar-refractivity contribution < 1.29 is 28.7 Å². The van der Waals surface area contributed by atoms with E-state index in [9.17, 15) is 33.6 Å². The lowest BCUT2D eigenvalue weighted by atomic mass is 9.98. The Labute approximate surface area is 360 Å². The number of nitrogens with two attached hydrogens (primary N) is 3. The number of likely N-dealkylation sites (N-methyl/N-ethyl adjacent to an activating group) is 2. The molecule has 5 amide bonds. The first-order valence-corrected chi connectivity index (χ1v) is 20.2. The van der Waals surface area contributed by atoms with Gasteiger partial charge in [-0.15, -0.1) is 0 Å². The number of amides is 5. The molecule has 2 unspecified atom stereocenters. The Balaban J connectivity index is 0.000000679. The number of benzene rings is 2. The van der Waals surface area contributed by atoms with Crippen molar-refractivity contribution in [2.75, 3.05) is 53.4 Å². The first-order chi connectivity index (χ1) is 29.6. The minimum absolute atomic E-state index is 0.0788. The Hall–Kier alpha value is -6.83. The smallest absolute Gasteiger partial charge is 0.407 e. The average molecular weight is 861 g/mol. The van der Waals surface area contributed by atoms with Crippen molar-refractivity contribution in [1.29, 1.82) is 0 Å². The summed E-state index contributed by atoms with van der Waals surface area (Å²) in [5, 5.41) is 10.3. The summed E-state index contributed by atoms with van der Waals surface area (Å²) in [5.41, 5.74) is 19.6. The van der Waals surface area contributed by atoms with Crippen LogP contribution in [0.2, 0.25) is 0 Å². The Morgan fingerprint density at radius 2 is 1.44 bits per heavy atom. The third-order valence-electron chi connectivity index (χ3n) is 9.70. The van der Waals surface area contributed by atoms with Gasteiger partial charge in [0.05, 0.1) is 24.3 Å². The van der Waals surface area contributed by atoms with E-state index in [4.69, 9.17) is 21.9 Å². The molecule has 336 valence electrons. The molecule has 0 fully saturated rings. The quantitative estimate of drug-likeness (QED) is 0.0419. The van der Waals surface area contributed by atoms with Gasteiger partial charge in [0.1, 0.15) is 19.2 Å². The van der Waals surface area contributed by atoms with Gasteiger partial charge in [-0.1, -0.05) is 48.5 Å². The molecule has 3 aromatic rings. The number of carbonyl (C=O) groups excluding carboxylic acids is 5. The predicted molar refractivity (Wildman–Crippen MR) is 237 cm³/mol. The number of nitrogens with zero attached hydrogens (tertiary/aromatic N) is 4. The molecular weight excluding hydrogens is 801 g/mol. The molecule has 0 aliphatic heterocycles. The van der Waals surface area contributed by atoms with Crippen molar-refractivity contribution in [2.24, 2.45) is 27.2 Å². The summed E-state index contributed by atoms with van der Waals surface area (Å²) in [7, 11) is 3.02. The maximum Gasteiger partial charge on any atom is 0.407 e. The molecule has 1 heterocycles. The van der Waals surface area contributed by atoms with Crippen molar-refractivity contribution in [1.82, 2.24) is 35.7 Å². The number of fused-ring (bicyclic) bond motifs is 3. The van der Waals surface area contributed by atoms with Gasteiger partial charge in [0.2, 0.25) is 23.6 Å². The van der Waals surface area contributed by atoms with Gasteiger partial charge in [0, 0.05) is 58.0 Å². The van der Waals surface area contributed by atoms with Gasteiger partial charge in [-0.3, -0.25) is 43.5 Å². The monoisotopic (exact) mass is 860 g/mol. The number of hydrogen-bond donors (Lipinski definition) is 8. The van der Waals surface area contributed by atoms with Gasteiger partial charge in [-0.2, -0.15) is 0 Å². The van der Waals surface area contributed by atoms with Crippen LogP contribution in [0, 0.1) is 6.92 Å². The molecule has 0 saturated carbocycles. The fourth-order valence-electron chi connectivity index (χ4n) is 6.51. The summed E-state index contributed by atoms with van der Waals surface area (Å²) >= 11 is 0. The zero-order valence-electron chi connectivity index (χ0n) is 36.0. The summed E-state index contributed by atoms with van der Waals surface area (Å²) in [6.45, 7) is 4.80. The molecule has 2 aromatic carbocycles. The highest BCUT2D eigenvalue weighted by Crippen LogP contribution is 2.44. The Morgan fingerprint density at radius 3 is 2.00 bits per heavy atom. The molecule has 4 rings (SSSR count). The van der Waals surface area contributed by atoms with Gasteiger partial charge >= 0.3 is 11.8 Å². The molecule has 0 bridgehead atoms. The number of H-pyrrole nitrogens is 1. The topological polar surface area (TPSA) is 304 Å². The first kappa shape index (κ1) is 49.5. The zero-order valence-corrected chi connectivity index (χ0v) is 36.0. The number of hydrogen-bond acceptors (Lipinski definition) is 11. The first-order valence-electron chi connectivity index (χ1n) is 20.2. The van der Waals surface area contributed by atoms with Crippen LogP contribution in [-0.4, -0.2) is 121 Å². The van der Waals surface area contributed by atoms with Crippen molar-refractivity contribution in [2.45, 2.75) is 71.0 Å². The van der Waals surface area contributed by atoms with Crippen LogP contribution in [0.15, 0.2) is 74.3 Å². The van der Waals surface area contributed by atoms with E-state index >= 15 is 0 Å². The second-order valence-corrected chi connectivity index (χ2v) is 14.6. The minimum Gasteiger partial charge on any atom is -0.449 e. The van der Waals surface area contributed by atoms with Crippen LogP contribution in [0.5, 0.6) is 0 Å². The van der Waals surface area contributed by atoms with Gasteiger partial charge in [0.25, 0.3) is 5.56 Å². The van der Waals surface area contributed by atoms with Crippen LogP contribution in [-0.2, 0) is 30.5 Å². The molecular formula is C42H60N12O8. The normalized spacial score (nSPS) is 13.0. The molecule has 0 saturated heterocycles. The van der Waals surface area contributed by atoms with Crippen molar-refractivity contribution >= 4 is 41.4 Å². The number of aromatic nitrogens is 2. The maximum absolute atomic E-state index is 13.4. The minimum atomic E-state index is -0.897. The molecule has 1 aliphatic carbocycles. The number of aryl methyl sites for hydroxylation is 1. The van der Waals surface area contributed by atoms with Crippen molar-refractivity contribution in [3.05, 3.63) is 92.3 Å². The molecule has 11 N–H and O–H groups in total. The summed E-state index contributed by atoms with van der Waals surface area (Å²) in [6, 6.07) is 14.6. The average Bonchev–Trinajstić information content (AvgIpc) is 3.56. The van der Waals surface area contributed by atoms with E-state index in [0.29, 0.717) is 37.6 Å². The molecule has 2 atom stereocenters. The van der Waals surface area contributed by atoms with Crippen LogP contribution < -0.4 is 49.7 Å². The lowest BCUT2D eigenvalue weighted by Crippen LogP contribution is -2.51. The van der Waals surface area contributed by atoms with E-state index in [1.54, 1.807) is 20.9 Å². The third kappa shape index (κ3) is 15.6. The van der Waals surface area contributed by atoms with Crippen molar-refractivity contribution in [3.8, 4) is 11.1 Å². The largest absolute Gasteiger partial charge is 0.449 e. The van der Waals surface area contributed by atoms with Crippen LogP contribution >= 0.6 is 0 Å². The molecule has 0 radical (unpaired) electrons. The van der Waals surface area contributed by atoms with E-state index in [0.717, 1.165) is 38.1 Å². The standard InChI is InChI=1S/C34H42N8O7.C8H18N4O/c1-21-17-42(33(47)40-31(21)45)19-30(44)41(18-29(43)39-28(32(46)36-3)13-8-14-37-22(2)35)16-15-38-34(48)49-20-27-25-11-6-4-9-23(25)24-10-5-7-12-26(24)27;1-6(9)12-5-3-4-7(10)8(13)11-2/h4-7,9-12,17,27-28H,8,13-16,18-20H2,1-3H3,(H2,35,37)(H,36,46)(H,38,48)(H,39,43)(H,40,45,47);7H,3-5,10H2,1-2H3,(H2,9,12)(H,11,13).